The highest BCUT2D eigenvalue weighted by Crippen LogP contribution is 2.29. The second-order valence-electron chi connectivity index (χ2n) is 5.35. The fourth-order valence-corrected chi connectivity index (χ4v) is 2.45. The van der Waals surface area contributed by atoms with E-state index in [1.807, 2.05) is 0 Å². The lowest BCUT2D eigenvalue weighted by molar-refractivity contribution is -0.159. The summed E-state index contributed by atoms with van der Waals surface area (Å²) in [5.41, 5.74) is 1.62. The predicted octanol–water partition coefficient (Wildman–Crippen LogP) is 1.99. The first-order chi connectivity index (χ1) is 12.1. The Morgan fingerprint density at radius 3 is 2.50 bits per heavy atom. The molecule has 2 aromatic heterocycles. The zero-order chi connectivity index (χ0) is 18.9. The number of nitrogens with one attached hydrogen (secondary N) is 1. The third-order valence-corrected chi connectivity index (χ3v) is 3.90. The first-order valence-corrected chi connectivity index (χ1v) is 9.01. The molecule has 0 aliphatic rings. The SMILES string of the molecule is CS(=O)(=O)NCc1cnn(-c2ccc(-c3noc(C(F)(F)F)n3)cc2)c1. The van der Waals surface area contributed by atoms with Crippen LogP contribution >= 0.6 is 0 Å². The van der Waals surface area contributed by atoms with Gasteiger partial charge in [0.05, 0.1) is 18.1 Å². The van der Waals surface area contributed by atoms with Gasteiger partial charge in [-0.3, -0.25) is 0 Å². The van der Waals surface area contributed by atoms with Crippen LogP contribution in [0.25, 0.3) is 17.1 Å². The number of halogens is 3. The lowest BCUT2D eigenvalue weighted by atomic mass is 10.2. The Kier molecular flexibility index (Phi) is 4.54. The Morgan fingerprint density at radius 1 is 1.23 bits per heavy atom. The van der Waals surface area contributed by atoms with Gasteiger partial charge in [-0.2, -0.15) is 23.3 Å². The van der Waals surface area contributed by atoms with E-state index in [4.69, 9.17) is 0 Å². The second kappa shape index (κ2) is 6.53. The Balaban J connectivity index is 1.76. The van der Waals surface area contributed by atoms with Crippen LogP contribution in [0.3, 0.4) is 0 Å². The van der Waals surface area contributed by atoms with Crippen molar-refractivity contribution < 1.29 is 26.1 Å². The van der Waals surface area contributed by atoms with Gasteiger partial charge in [-0.05, 0) is 24.3 Å². The van der Waals surface area contributed by atoms with E-state index in [1.165, 1.54) is 23.0 Å². The molecule has 26 heavy (non-hydrogen) atoms. The average molecular weight is 387 g/mol. The molecule has 0 spiro atoms. The summed E-state index contributed by atoms with van der Waals surface area (Å²) in [7, 11) is -3.31. The third kappa shape index (κ3) is 4.26. The molecule has 0 atom stereocenters. The van der Waals surface area contributed by atoms with Crippen LogP contribution in [0, 0.1) is 0 Å². The van der Waals surface area contributed by atoms with E-state index in [0.29, 0.717) is 16.8 Å². The maximum atomic E-state index is 12.5. The third-order valence-electron chi connectivity index (χ3n) is 3.23. The quantitative estimate of drug-likeness (QED) is 0.718. The summed E-state index contributed by atoms with van der Waals surface area (Å²) in [6, 6.07) is 6.27. The number of aromatic nitrogens is 4. The molecule has 3 aromatic rings. The number of hydrogen-bond acceptors (Lipinski definition) is 6. The van der Waals surface area contributed by atoms with Crippen molar-refractivity contribution in [2.45, 2.75) is 12.7 Å². The van der Waals surface area contributed by atoms with E-state index < -0.39 is 22.1 Å². The topological polar surface area (TPSA) is 103 Å². The Bertz CT molecular complexity index is 1010. The van der Waals surface area contributed by atoms with Crippen molar-refractivity contribution >= 4 is 10.0 Å². The van der Waals surface area contributed by atoms with Crippen LogP contribution in [0.1, 0.15) is 11.5 Å². The van der Waals surface area contributed by atoms with Gasteiger partial charge in [-0.15, -0.1) is 0 Å². The van der Waals surface area contributed by atoms with Gasteiger partial charge < -0.3 is 4.52 Å². The second-order valence-corrected chi connectivity index (χ2v) is 7.19. The minimum absolute atomic E-state index is 0.0972. The lowest BCUT2D eigenvalue weighted by Gasteiger charge is -2.02. The zero-order valence-corrected chi connectivity index (χ0v) is 14.0. The first-order valence-electron chi connectivity index (χ1n) is 7.12. The van der Waals surface area contributed by atoms with Crippen molar-refractivity contribution in [3.8, 4) is 17.1 Å². The van der Waals surface area contributed by atoms with Gasteiger partial charge in [0, 0.05) is 23.9 Å². The standard InChI is InChI=1S/C14H12F3N5O3S/c1-26(23,24)19-7-9-6-18-22(8-9)11-4-2-10(3-5-11)12-20-13(25-21-12)14(15,16)17/h2-6,8,19H,7H2,1H3. The molecular weight excluding hydrogens is 375 g/mol. The highest BCUT2D eigenvalue weighted by atomic mass is 32.2. The van der Waals surface area contributed by atoms with Crippen molar-refractivity contribution in [1.29, 1.82) is 0 Å². The highest BCUT2D eigenvalue weighted by Gasteiger charge is 2.38. The van der Waals surface area contributed by atoms with Crippen molar-refractivity contribution in [3.63, 3.8) is 0 Å². The largest absolute Gasteiger partial charge is 0.471 e. The first kappa shape index (κ1) is 18.1. The van der Waals surface area contributed by atoms with Crippen molar-refractivity contribution in [3.05, 3.63) is 48.1 Å². The molecule has 3 rings (SSSR count). The molecule has 0 saturated heterocycles. The van der Waals surface area contributed by atoms with Gasteiger partial charge in [0.25, 0.3) is 0 Å². The summed E-state index contributed by atoms with van der Waals surface area (Å²) in [6.07, 6.45) is -0.515. The van der Waals surface area contributed by atoms with Gasteiger partial charge in [-0.1, -0.05) is 5.16 Å². The molecule has 12 heteroatoms. The summed E-state index contributed by atoms with van der Waals surface area (Å²) >= 11 is 0. The van der Waals surface area contributed by atoms with Crippen molar-refractivity contribution in [1.82, 2.24) is 24.6 Å². The molecule has 0 fully saturated rings. The summed E-state index contributed by atoms with van der Waals surface area (Å²) in [5.74, 6) is -1.59. The molecule has 138 valence electrons. The molecule has 0 amide bonds. The van der Waals surface area contributed by atoms with Crippen LogP contribution in [0.5, 0.6) is 0 Å². The van der Waals surface area contributed by atoms with E-state index in [2.05, 4.69) is 24.5 Å². The van der Waals surface area contributed by atoms with E-state index in [-0.39, 0.29) is 12.4 Å². The zero-order valence-electron chi connectivity index (χ0n) is 13.2. The fourth-order valence-electron chi connectivity index (χ4n) is 2.03. The molecule has 8 nitrogen and oxygen atoms in total. The van der Waals surface area contributed by atoms with E-state index in [9.17, 15) is 21.6 Å². The molecule has 0 unspecified atom stereocenters. The lowest BCUT2D eigenvalue weighted by Crippen LogP contribution is -2.20. The van der Waals surface area contributed by atoms with Crippen LogP contribution < -0.4 is 4.72 Å². The van der Waals surface area contributed by atoms with Gasteiger partial charge >= 0.3 is 12.1 Å². The fraction of sp³-hybridized carbons (Fsp3) is 0.214. The molecule has 1 N–H and O–H groups in total. The number of alkyl halides is 3. The predicted molar refractivity (Wildman–Crippen MR) is 83.5 cm³/mol. The summed E-state index contributed by atoms with van der Waals surface area (Å²) in [6.45, 7) is 0.0972. The Labute approximate surface area is 145 Å². The maximum Gasteiger partial charge on any atom is 0.471 e. The van der Waals surface area contributed by atoms with E-state index >= 15 is 0 Å². The number of benzene rings is 1. The van der Waals surface area contributed by atoms with Crippen LogP contribution in [0.4, 0.5) is 13.2 Å². The van der Waals surface area contributed by atoms with E-state index in [1.54, 1.807) is 18.3 Å². The summed E-state index contributed by atoms with van der Waals surface area (Å²) in [4.78, 5) is 3.32. The summed E-state index contributed by atoms with van der Waals surface area (Å²) < 4.78 is 67.7. The number of rotatable bonds is 5. The molecule has 1 aromatic carbocycles. The average Bonchev–Trinajstić information content (AvgIpc) is 3.22. The smallest absolute Gasteiger partial charge is 0.329 e. The van der Waals surface area contributed by atoms with Gasteiger partial charge in [-0.25, -0.2) is 17.8 Å². The number of nitrogens with zero attached hydrogens (tertiary/aromatic N) is 4. The number of sulfonamides is 1. The van der Waals surface area contributed by atoms with Gasteiger partial charge in [0.2, 0.25) is 15.8 Å². The monoisotopic (exact) mass is 387 g/mol. The highest BCUT2D eigenvalue weighted by molar-refractivity contribution is 7.88. The molecule has 0 aliphatic heterocycles. The normalized spacial score (nSPS) is 12.5. The molecule has 0 saturated carbocycles. The Hall–Kier alpha value is -2.73. The van der Waals surface area contributed by atoms with Crippen LogP contribution in [0.15, 0.2) is 41.2 Å². The molecule has 2 heterocycles. The molecule has 0 bridgehead atoms. The van der Waals surface area contributed by atoms with Crippen LogP contribution in [-0.2, 0) is 22.7 Å². The minimum Gasteiger partial charge on any atom is -0.329 e. The summed E-state index contributed by atoms with van der Waals surface area (Å²) in [5, 5.41) is 7.42. The van der Waals surface area contributed by atoms with Crippen molar-refractivity contribution in [2.75, 3.05) is 6.26 Å². The van der Waals surface area contributed by atoms with Gasteiger partial charge in [0.15, 0.2) is 0 Å². The van der Waals surface area contributed by atoms with E-state index in [0.717, 1.165) is 6.26 Å². The molecule has 0 radical (unpaired) electrons. The van der Waals surface area contributed by atoms with Crippen molar-refractivity contribution in [2.24, 2.45) is 0 Å². The Morgan fingerprint density at radius 2 is 1.92 bits per heavy atom. The maximum absolute atomic E-state index is 12.5. The van der Waals surface area contributed by atoms with Crippen LogP contribution in [0.2, 0.25) is 0 Å². The minimum atomic E-state index is -4.70. The van der Waals surface area contributed by atoms with Gasteiger partial charge in [0.1, 0.15) is 0 Å². The molecular formula is C14H12F3N5O3S. The van der Waals surface area contributed by atoms with Crippen LogP contribution in [-0.4, -0.2) is 34.6 Å². The number of hydrogen-bond donors (Lipinski definition) is 1. The molecule has 0 aliphatic carbocycles.